The van der Waals surface area contributed by atoms with Gasteiger partial charge in [0.1, 0.15) is 16.1 Å². The predicted octanol–water partition coefficient (Wildman–Crippen LogP) is 2.72. The number of nitrogens with zero attached hydrogens (tertiary/aromatic N) is 1. The molecule has 1 aromatic rings. The molecule has 0 aromatic carbocycles. The summed E-state index contributed by atoms with van der Waals surface area (Å²) in [4.78, 5) is 24.5. The van der Waals surface area contributed by atoms with Crippen LogP contribution in [-0.4, -0.2) is 32.2 Å². The third-order valence-electron chi connectivity index (χ3n) is 2.44. The average Bonchev–Trinajstić information content (AvgIpc) is 2.84. The van der Waals surface area contributed by atoms with Crippen molar-refractivity contribution >= 4 is 62.2 Å². The Balaban J connectivity index is 2.27. The Morgan fingerprint density at radius 2 is 2.32 bits per heavy atom. The van der Waals surface area contributed by atoms with Crippen LogP contribution in [0.1, 0.15) is 12.7 Å². The van der Waals surface area contributed by atoms with Crippen LogP contribution >= 0.6 is 39.9 Å². The van der Waals surface area contributed by atoms with E-state index >= 15 is 0 Å². The van der Waals surface area contributed by atoms with Gasteiger partial charge in [-0.15, -0.1) is 0 Å². The Hall–Kier alpha value is -1.12. The molecule has 0 saturated carbocycles. The van der Waals surface area contributed by atoms with Gasteiger partial charge in [0.25, 0.3) is 5.91 Å². The lowest BCUT2D eigenvalue weighted by molar-refractivity contribution is -0.144. The number of hydrogen-bond acceptors (Lipinski definition) is 5. The second-order valence-corrected chi connectivity index (χ2v) is 6.17. The van der Waals surface area contributed by atoms with Crippen molar-refractivity contribution < 1.29 is 19.1 Å². The standard InChI is InChI=1S/C11H8BrNO4S2/c1-5(10(15)16)13-9(14)7(19-11(13)18)4-6-2-3-8(12)17-6/h2-5H,1H3,(H,15,16)/b7-4+/t5-/m0/s1. The number of amides is 1. The topological polar surface area (TPSA) is 70.8 Å². The molecular formula is C11H8BrNO4S2. The maximum absolute atomic E-state index is 12.1. The van der Waals surface area contributed by atoms with Crippen molar-refractivity contribution in [3.8, 4) is 0 Å². The lowest BCUT2D eigenvalue weighted by Crippen LogP contribution is -2.41. The Morgan fingerprint density at radius 3 is 2.84 bits per heavy atom. The molecule has 1 aromatic heterocycles. The molecule has 1 aliphatic heterocycles. The van der Waals surface area contributed by atoms with E-state index in [1.165, 1.54) is 6.92 Å². The van der Waals surface area contributed by atoms with E-state index in [4.69, 9.17) is 21.7 Å². The van der Waals surface area contributed by atoms with Gasteiger partial charge in [-0.1, -0.05) is 24.0 Å². The molecule has 1 amide bonds. The first-order chi connectivity index (χ1) is 8.90. The minimum Gasteiger partial charge on any atom is -0.480 e. The van der Waals surface area contributed by atoms with E-state index in [-0.39, 0.29) is 4.32 Å². The Bertz CT molecular complexity index is 595. The minimum atomic E-state index is -1.10. The fourth-order valence-corrected chi connectivity index (χ4v) is 3.18. The maximum atomic E-state index is 12.1. The number of halogens is 1. The molecule has 2 rings (SSSR count). The van der Waals surface area contributed by atoms with Gasteiger partial charge in [-0.3, -0.25) is 9.69 Å². The van der Waals surface area contributed by atoms with Crippen molar-refractivity contribution in [2.24, 2.45) is 0 Å². The van der Waals surface area contributed by atoms with Gasteiger partial charge in [0.15, 0.2) is 4.67 Å². The first-order valence-corrected chi connectivity index (χ1v) is 7.17. The van der Waals surface area contributed by atoms with Gasteiger partial charge in [-0.25, -0.2) is 4.79 Å². The Labute approximate surface area is 126 Å². The van der Waals surface area contributed by atoms with Crippen LogP contribution in [0.25, 0.3) is 6.08 Å². The highest BCUT2D eigenvalue weighted by Gasteiger charge is 2.38. The molecule has 0 bridgehead atoms. The van der Waals surface area contributed by atoms with E-state index < -0.39 is 17.9 Å². The number of carboxylic acid groups (broad SMARTS) is 1. The molecule has 100 valence electrons. The Morgan fingerprint density at radius 1 is 1.63 bits per heavy atom. The van der Waals surface area contributed by atoms with E-state index in [1.54, 1.807) is 18.2 Å². The molecule has 0 spiro atoms. The van der Waals surface area contributed by atoms with Gasteiger partial charge < -0.3 is 9.52 Å². The quantitative estimate of drug-likeness (QED) is 0.659. The largest absolute Gasteiger partial charge is 0.480 e. The lowest BCUT2D eigenvalue weighted by atomic mass is 10.3. The van der Waals surface area contributed by atoms with Crippen LogP contribution in [0.3, 0.4) is 0 Å². The summed E-state index contributed by atoms with van der Waals surface area (Å²) in [6.07, 6.45) is 1.54. The highest BCUT2D eigenvalue weighted by atomic mass is 79.9. The molecule has 1 N–H and O–H groups in total. The molecule has 1 aliphatic rings. The molecule has 2 heterocycles. The molecule has 5 nitrogen and oxygen atoms in total. The number of furan rings is 1. The van der Waals surface area contributed by atoms with Crippen LogP contribution in [0.5, 0.6) is 0 Å². The first kappa shape index (κ1) is 14.3. The summed E-state index contributed by atoms with van der Waals surface area (Å²) in [5, 5.41) is 8.95. The number of carboxylic acids is 1. The van der Waals surface area contributed by atoms with E-state index in [1.807, 2.05) is 0 Å². The van der Waals surface area contributed by atoms with Crippen LogP contribution < -0.4 is 0 Å². The van der Waals surface area contributed by atoms with Crippen LogP contribution in [0, 0.1) is 0 Å². The van der Waals surface area contributed by atoms with Crippen LogP contribution in [0.2, 0.25) is 0 Å². The number of thioether (sulfide) groups is 1. The molecule has 19 heavy (non-hydrogen) atoms. The molecule has 1 atom stereocenters. The summed E-state index contributed by atoms with van der Waals surface area (Å²) in [6, 6.07) is 2.41. The summed E-state index contributed by atoms with van der Waals surface area (Å²) in [5.74, 6) is -1.02. The van der Waals surface area contributed by atoms with Crippen molar-refractivity contribution in [2.45, 2.75) is 13.0 Å². The molecule has 8 heteroatoms. The highest BCUT2D eigenvalue weighted by Crippen LogP contribution is 2.34. The van der Waals surface area contributed by atoms with E-state index in [0.29, 0.717) is 15.3 Å². The fourth-order valence-electron chi connectivity index (χ4n) is 1.46. The van der Waals surface area contributed by atoms with Crippen LogP contribution in [0.4, 0.5) is 0 Å². The second-order valence-electron chi connectivity index (χ2n) is 3.71. The van der Waals surface area contributed by atoms with E-state index in [9.17, 15) is 9.59 Å². The maximum Gasteiger partial charge on any atom is 0.326 e. The predicted molar refractivity (Wildman–Crippen MR) is 78.5 cm³/mol. The Kier molecular flexibility index (Phi) is 4.12. The number of aliphatic carboxylic acids is 1. The third-order valence-corrected chi connectivity index (χ3v) is 4.19. The number of rotatable bonds is 3. The minimum absolute atomic E-state index is 0.233. The molecule has 0 radical (unpaired) electrons. The normalized spacial score (nSPS) is 19.3. The molecular weight excluding hydrogens is 354 g/mol. The fraction of sp³-hybridized carbons (Fsp3) is 0.182. The lowest BCUT2D eigenvalue weighted by Gasteiger charge is -2.18. The number of thiocarbonyl (C=S) groups is 1. The third kappa shape index (κ3) is 2.90. The van der Waals surface area contributed by atoms with Crippen molar-refractivity contribution in [1.82, 2.24) is 4.90 Å². The molecule has 0 unspecified atom stereocenters. The van der Waals surface area contributed by atoms with Gasteiger partial charge in [0.05, 0.1) is 4.91 Å². The van der Waals surface area contributed by atoms with Crippen molar-refractivity contribution in [1.29, 1.82) is 0 Å². The van der Waals surface area contributed by atoms with Gasteiger partial charge >= 0.3 is 5.97 Å². The second kappa shape index (κ2) is 5.48. The van der Waals surface area contributed by atoms with Crippen molar-refractivity contribution in [2.75, 3.05) is 0 Å². The van der Waals surface area contributed by atoms with Gasteiger partial charge in [0, 0.05) is 6.08 Å². The highest BCUT2D eigenvalue weighted by molar-refractivity contribution is 9.10. The monoisotopic (exact) mass is 361 g/mol. The number of carbonyl (C=O) groups excluding carboxylic acids is 1. The van der Waals surface area contributed by atoms with Gasteiger partial charge in [-0.05, 0) is 35.0 Å². The summed E-state index contributed by atoms with van der Waals surface area (Å²) < 4.78 is 6.05. The van der Waals surface area contributed by atoms with Crippen molar-refractivity contribution in [3.05, 3.63) is 27.5 Å². The molecule has 1 saturated heterocycles. The van der Waals surface area contributed by atoms with E-state index in [2.05, 4.69) is 15.9 Å². The average molecular weight is 362 g/mol. The van der Waals surface area contributed by atoms with Gasteiger partial charge in [-0.2, -0.15) is 0 Å². The summed E-state index contributed by atoms with van der Waals surface area (Å²) >= 11 is 9.26. The zero-order valence-electron chi connectivity index (χ0n) is 9.62. The summed E-state index contributed by atoms with van der Waals surface area (Å²) in [6.45, 7) is 1.42. The first-order valence-electron chi connectivity index (χ1n) is 5.15. The smallest absolute Gasteiger partial charge is 0.326 e. The van der Waals surface area contributed by atoms with Crippen LogP contribution in [0.15, 0.2) is 26.1 Å². The van der Waals surface area contributed by atoms with Gasteiger partial charge in [0.2, 0.25) is 0 Å². The summed E-state index contributed by atoms with van der Waals surface area (Å²) in [7, 11) is 0. The van der Waals surface area contributed by atoms with Crippen LogP contribution in [-0.2, 0) is 9.59 Å². The number of carbonyl (C=O) groups is 2. The number of hydrogen-bond donors (Lipinski definition) is 1. The zero-order valence-corrected chi connectivity index (χ0v) is 12.8. The summed E-state index contributed by atoms with van der Waals surface area (Å²) in [5.41, 5.74) is 0. The van der Waals surface area contributed by atoms with Crippen molar-refractivity contribution in [3.63, 3.8) is 0 Å². The van der Waals surface area contributed by atoms with E-state index in [0.717, 1.165) is 16.7 Å². The molecule has 0 aliphatic carbocycles. The molecule has 1 fully saturated rings. The SMILES string of the molecule is C[C@@H](C(=O)O)N1C(=O)/C(=C\c2ccc(Br)o2)SC1=S. The zero-order chi connectivity index (χ0) is 14.2.